The van der Waals surface area contributed by atoms with E-state index in [2.05, 4.69) is 40.4 Å². The third kappa shape index (κ3) is 6.64. The van der Waals surface area contributed by atoms with Gasteiger partial charge in [-0.15, -0.1) is 0 Å². The fourth-order valence-electron chi connectivity index (χ4n) is 2.14. The molecule has 2 rings (SSSR count). The van der Waals surface area contributed by atoms with Crippen LogP contribution in [0.15, 0.2) is 40.9 Å². The van der Waals surface area contributed by atoms with E-state index in [0.29, 0.717) is 39.6 Å². The van der Waals surface area contributed by atoms with Gasteiger partial charge in [0.1, 0.15) is 5.75 Å². The van der Waals surface area contributed by atoms with Gasteiger partial charge in [0, 0.05) is 4.47 Å². The number of nitrogens with one attached hydrogen (secondary N) is 2. The van der Waals surface area contributed by atoms with Gasteiger partial charge in [0.2, 0.25) is 0 Å². The van der Waals surface area contributed by atoms with Crippen LogP contribution in [-0.2, 0) is 0 Å². The van der Waals surface area contributed by atoms with E-state index in [1.54, 1.807) is 30.3 Å². The van der Waals surface area contributed by atoms with Crippen molar-refractivity contribution in [2.75, 3.05) is 11.9 Å². The number of thiocarbonyl (C=S) groups is 1. The van der Waals surface area contributed by atoms with E-state index < -0.39 is 5.91 Å². The van der Waals surface area contributed by atoms with Crippen molar-refractivity contribution in [2.24, 2.45) is 5.92 Å². The highest BCUT2D eigenvalue weighted by Gasteiger charge is 2.16. The zero-order chi connectivity index (χ0) is 20.0. The Morgan fingerprint density at radius 3 is 2.52 bits per heavy atom. The van der Waals surface area contributed by atoms with Crippen molar-refractivity contribution in [1.82, 2.24) is 5.32 Å². The van der Waals surface area contributed by atoms with Crippen molar-refractivity contribution >= 4 is 68.1 Å². The molecule has 0 aliphatic heterocycles. The van der Waals surface area contributed by atoms with Crippen LogP contribution in [0.2, 0.25) is 10.0 Å². The molecule has 0 aromatic heterocycles. The smallest absolute Gasteiger partial charge is 0.261 e. The van der Waals surface area contributed by atoms with Gasteiger partial charge in [0.15, 0.2) is 5.11 Å². The summed E-state index contributed by atoms with van der Waals surface area (Å²) in [4.78, 5) is 12.7. The maximum absolute atomic E-state index is 12.7. The Morgan fingerprint density at radius 2 is 1.89 bits per heavy atom. The molecule has 2 N–H and O–H groups in total. The molecule has 144 valence electrons. The van der Waals surface area contributed by atoms with Crippen LogP contribution in [0, 0.1) is 5.92 Å². The van der Waals surface area contributed by atoms with Crippen molar-refractivity contribution in [3.05, 3.63) is 56.5 Å². The van der Waals surface area contributed by atoms with Gasteiger partial charge in [0.05, 0.1) is 27.9 Å². The predicted octanol–water partition coefficient (Wildman–Crippen LogP) is 6.31. The lowest BCUT2D eigenvalue weighted by Gasteiger charge is -2.15. The number of rotatable bonds is 6. The summed E-state index contributed by atoms with van der Waals surface area (Å²) in [6.07, 6.45) is 0.891. The molecule has 0 saturated carbocycles. The lowest BCUT2D eigenvalue weighted by atomic mass is 10.1. The third-order valence-corrected chi connectivity index (χ3v) is 4.89. The minimum atomic E-state index is -0.392. The van der Waals surface area contributed by atoms with Gasteiger partial charge in [-0.1, -0.05) is 59.0 Å². The van der Waals surface area contributed by atoms with Crippen LogP contribution in [0.5, 0.6) is 5.75 Å². The molecule has 2 aromatic rings. The average Bonchev–Trinajstić information content (AvgIpc) is 2.59. The number of para-hydroxylation sites is 1. The number of hydrogen-bond donors (Lipinski definition) is 2. The standard InChI is InChI=1S/C19H19BrCl2N2O2S/c1-11(2)8-9-26-16-7-6-12(20)10-13(16)18(25)24-19(27)23-17-14(21)4-3-5-15(17)22/h3-7,10-11H,8-9H2,1-2H3,(H2,23,24,25,27). The molecule has 2 aromatic carbocycles. The second-order valence-corrected chi connectivity index (χ2v) is 8.31. The Kier molecular flexibility index (Phi) is 8.35. The summed E-state index contributed by atoms with van der Waals surface area (Å²) in [7, 11) is 0. The Morgan fingerprint density at radius 1 is 1.22 bits per heavy atom. The number of benzene rings is 2. The number of carbonyl (C=O) groups excluding carboxylic acids is 1. The van der Waals surface area contributed by atoms with Crippen molar-refractivity contribution in [3.8, 4) is 5.75 Å². The van der Waals surface area contributed by atoms with Crippen LogP contribution in [0.1, 0.15) is 30.6 Å². The quantitative estimate of drug-likeness (QED) is 0.467. The Balaban J connectivity index is 2.10. The number of anilines is 1. The van der Waals surface area contributed by atoms with Crippen molar-refractivity contribution in [3.63, 3.8) is 0 Å². The Labute approximate surface area is 182 Å². The molecule has 27 heavy (non-hydrogen) atoms. The van der Waals surface area contributed by atoms with Gasteiger partial charge in [-0.05, 0) is 54.9 Å². The highest BCUT2D eigenvalue weighted by atomic mass is 79.9. The number of hydrogen-bond acceptors (Lipinski definition) is 3. The zero-order valence-corrected chi connectivity index (χ0v) is 18.7. The van der Waals surface area contributed by atoms with E-state index in [1.807, 2.05) is 6.07 Å². The van der Waals surface area contributed by atoms with E-state index in [9.17, 15) is 4.79 Å². The normalized spacial score (nSPS) is 10.6. The second-order valence-electron chi connectivity index (χ2n) is 6.18. The number of ether oxygens (including phenoxy) is 1. The molecule has 0 aliphatic rings. The van der Waals surface area contributed by atoms with Crippen LogP contribution in [0.25, 0.3) is 0 Å². The molecule has 8 heteroatoms. The molecule has 0 fully saturated rings. The average molecular weight is 490 g/mol. The van der Waals surface area contributed by atoms with E-state index >= 15 is 0 Å². The van der Waals surface area contributed by atoms with Gasteiger partial charge in [-0.25, -0.2) is 0 Å². The molecule has 0 aliphatic carbocycles. The number of halogens is 3. The minimum absolute atomic E-state index is 0.0862. The second kappa shape index (κ2) is 10.3. The van der Waals surface area contributed by atoms with E-state index in [0.717, 1.165) is 10.9 Å². The van der Waals surface area contributed by atoms with Gasteiger partial charge in [-0.2, -0.15) is 0 Å². The number of amides is 1. The van der Waals surface area contributed by atoms with Gasteiger partial charge < -0.3 is 10.1 Å². The summed E-state index contributed by atoms with van der Waals surface area (Å²) in [5.74, 6) is 0.612. The molecule has 0 radical (unpaired) electrons. The van der Waals surface area contributed by atoms with Crippen molar-refractivity contribution < 1.29 is 9.53 Å². The fraction of sp³-hybridized carbons (Fsp3) is 0.263. The first-order valence-corrected chi connectivity index (χ1v) is 10.2. The van der Waals surface area contributed by atoms with Gasteiger partial charge >= 0.3 is 0 Å². The summed E-state index contributed by atoms with van der Waals surface area (Å²) in [6, 6.07) is 10.3. The van der Waals surface area contributed by atoms with Crippen molar-refractivity contribution in [2.45, 2.75) is 20.3 Å². The highest BCUT2D eigenvalue weighted by molar-refractivity contribution is 9.10. The highest BCUT2D eigenvalue weighted by Crippen LogP contribution is 2.30. The molecule has 4 nitrogen and oxygen atoms in total. The summed E-state index contributed by atoms with van der Waals surface area (Å²) >= 11 is 20.8. The molecule has 1 amide bonds. The zero-order valence-electron chi connectivity index (χ0n) is 14.8. The van der Waals surface area contributed by atoms with Gasteiger partial charge in [0.25, 0.3) is 5.91 Å². The SMILES string of the molecule is CC(C)CCOc1ccc(Br)cc1C(=O)NC(=S)Nc1c(Cl)cccc1Cl. The predicted molar refractivity (Wildman–Crippen MR) is 119 cm³/mol. The Hall–Kier alpha value is -1.34. The van der Waals surface area contributed by atoms with Crippen molar-refractivity contribution in [1.29, 1.82) is 0 Å². The minimum Gasteiger partial charge on any atom is -0.493 e. The summed E-state index contributed by atoms with van der Waals surface area (Å²) < 4.78 is 6.54. The van der Waals surface area contributed by atoms with Crippen LogP contribution >= 0.6 is 51.3 Å². The summed E-state index contributed by atoms with van der Waals surface area (Å²) in [5, 5.41) is 6.37. The van der Waals surface area contributed by atoms with Gasteiger partial charge in [-0.3, -0.25) is 10.1 Å². The molecular formula is C19H19BrCl2N2O2S. The van der Waals surface area contributed by atoms with Crippen LogP contribution in [-0.4, -0.2) is 17.6 Å². The largest absolute Gasteiger partial charge is 0.493 e. The summed E-state index contributed by atoms with van der Waals surface area (Å²) in [6.45, 7) is 4.75. The molecule has 0 unspecified atom stereocenters. The molecule has 0 atom stereocenters. The maximum atomic E-state index is 12.7. The van der Waals surface area contributed by atoms with Crippen LogP contribution in [0.4, 0.5) is 5.69 Å². The molecule has 0 bridgehead atoms. The number of carbonyl (C=O) groups is 1. The first kappa shape index (κ1) is 22.0. The van der Waals surface area contributed by atoms with E-state index in [4.69, 9.17) is 40.2 Å². The van der Waals surface area contributed by atoms with E-state index in [1.165, 1.54) is 0 Å². The summed E-state index contributed by atoms with van der Waals surface area (Å²) in [5.41, 5.74) is 0.816. The maximum Gasteiger partial charge on any atom is 0.261 e. The first-order valence-electron chi connectivity index (χ1n) is 8.26. The molecule has 0 saturated heterocycles. The van der Waals surface area contributed by atoms with E-state index in [-0.39, 0.29) is 5.11 Å². The lowest BCUT2D eigenvalue weighted by molar-refractivity contribution is 0.0973. The third-order valence-electron chi connectivity index (χ3n) is 3.57. The van der Waals surface area contributed by atoms with Crippen LogP contribution < -0.4 is 15.4 Å². The molecular weight excluding hydrogens is 471 g/mol. The van der Waals surface area contributed by atoms with Crippen LogP contribution in [0.3, 0.4) is 0 Å². The molecule has 0 heterocycles. The lowest BCUT2D eigenvalue weighted by Crippen LogP contribution is -2.34. The monoisotopic (exact) mass is 488 g/mol. The molecule has 0 spiro atoms. The topological polar surface area (TPSA) is 50.4 Å². The Bertz CT molecular complexity index is 826. The fourth-order valence-corrected chi connectivity index (χ4v) is 3.19. The first-order chi connectivity index (χ1) is 12.8.